The average molecular weight is 339 g/mol. The van der Waals surface area contributed by atoms with Crippen LogP contribution in [0.2, 0.25) is 0 Å². The Morgan fingerprint density at radius 1 is 1.36 bits per heavy atom. The second kappa shape index (κ2) is 6.13. The maximum absolute atomic E-state index is 13.0. The fourth-order valence-corrected chi connectivity index (χ4v) is 5.77. The lowest BCUT2D eigenvalue weighted by Crippen LogP contribution is -2.54. The predicted molar refractivity (Wildman–Crippen MR) is 96.8 cm³/mol. The van der Waals surface area contributed by atoms with E-state index in [1.54, 1.807) is 25.3 Å². The van der Waals surface area contributed by atoms with Gasteiger partial charge in [0.1, 0.15) is 7.85 Å². The van der Waals surface area contributed by atoms with Crippen LogP contribution >= 0.6 is 0 Å². The van der Waals surface area contributed by atoms with Crippen molar-refractivity contribution in [2.24, 2.45) is 23.7 Å². The van der Waals surface area contributed by atoms with Gasteiger partial charge >= 0.3 is 0 Å². The molecule has 4 nitrogen and oxygen atoms in total. The largest absolute Gasteiger partial charge is 0.390 e. The Labute approximate surface area is 150 Å². The van der Waals surface area contributed by atoms with E-state index in [9.17, 15) is 9.90 Å². The SMILES string of the molecule is [B]c1ccc(C(=O)N[C@@H]2C(C)C[C@]3(O)CC4CC2CC43)c(COC)c1. The third kappa shape index (κ3) is 2.82. The topological polar surface area (TPSA) is 58.6 Å². The molecule has 2 bridgehead atoms. The molecule has 0 aliphatic heterocycles. The molecular formula is C20H26BNO3. The highest BCUT2D eigenvalue weighted by Crippen LogP contribution is 2.61. The molecule has 0 spiro atoms. The number of nitrogens with one attached hydrogen (secondary N) is 1. The normalized spacial score (nSPS) is 38.8. The minimum atomic E-state index is -0.485. The Morgan fingerprint density at radius 3 is 2.92 bits per heavy atom. The number of benzene rings is 1. The molecule has 2 N–H and O–H groups in total. The van der Waals surface area contributed by atoms with Gasteiger partial charge < -0.3 is 15.2 Å². The number of hydrogen-bond donors (Lipinski definition) is 2. The quantitative estimate of drug-likeness (QED) is 0.819. The maximum atomic E-state index is 13.0. The first kappa shape index (κ1) is 17.1. The number of hydrogen-bond acceptors (Lipinski definition) is 3. The van der Waals surface area contributed by atoms with Crippen molar-refractivity contribution in [3.8, 4) is 0 Å². The summed E-state index contributed by atoms with van der Waals surface area (Å²) in [6, 6.07) is 5.47. The number of methoxy groups -OCH3 is 1. The lowest BCUT2D eigenvalue weighted by Gasteiger charge is -2.50. The minimum absolute atomic E-state index is 0.0603. The van der Waals surface area contributed by atoms with Crippen LogP contribution in [0, 0.1) is 23.7 Å². The Balaban J connectivity index is 1.55. The monoisotopic (exact) mass is 339 g/mol. The number of amides is 1. The molecule has 6 atom stereocenters. The van der Waals surface area contributed by atoms with Crippen molar-refractivity contribution in [1.29, 1.82) is 0 Å². The molecule has 3 fully saturated rings. The van der Waals surface area contributed by atoms with E-state index in [-0.39, 0.29) is 17.9 Å². The van der Waals surface area contributed by atoms with Gasteiger partial charge in [0.2, 0.25) is 0 Å². The molecule has 4 unspecified atom stereocenters. The van der Waals surface area contributed by atoms with E-state index in [4.69, 9.17) is 12.6 Å². The third-order valence-corrected chi connectivity index (χ3v) is 6.80. The highest BCUT2D eigenvalue weighted by Gasteiger charge is 2.61. The average Bonchev–Trinajstić information content (AvgIpc) is 2.88. The molecule has 4 rings (SSSR count). The van der Waals surface area contributed by atoms with Gasteiger partial charge in [-0.2, -0.15) is 0 Å². The molecule has 5 heteroatoms. The summed E-state index contributed by atoms with van der Waals surface area (Å²) in [5.41, 5.74) is 1.59. The van der Waals surface area contributed by atoms with Crippen LogP contribution in [0.25, 0.3) is 0 Å². The summed E-state index contributed by atoms with van der Waals surface area (Å²) in [6.07, 6.45) is 3.93. The standard InChI is InChI=1S/C20H26BNO3/c1-11-8-20(24)9-13-5-12(7-17(13)20)18(11)22-19(23)16-4-3-15(21)6-14(16)10-25-2/h3-4,6,11-13,17-18,24H,5,7-10H2,1-2H3,(H,22,23)/t11?,12?,13?,17?,18-,20+/m1/s1. The Kier molecular flexibility index (Phi) is 4.20. The van der Waals surface area contributed by atoms with Gasteiger partial charge in [0.05, 0.1) is 12.2 Å². The lowest BCUT2D eigenvalue weighted by molar-refractivity contribution is -0.138. The third-order valence-electron chi connectivity index (χ3n) is 6.80. The minimum Gasteiger partial charge on any atom is -0.390 e. The Hall–Kier alpha value is -1.33. The first-order valence-electron chi connectivity index (χ1n) is 9.32. The predicted octanol–water partition coefficient (Wildman–Crippen LogP) is 1.54. The van der Waals surface area contributed by atoms with Crippen molar-refractivity contribution < 1.29 is 14.6 Å². The van der Waals surface area contributed by atoms with Crippen molar-refractivity contribution in [2.45, 2.75) is 50.9 Å². The van der Waals surface area contributed by atoms with Crippen LogP contribution in [0.5, 0.6) is 0 Å². The number of aliphatic hydroxyl groups is 1. The van der Waals surface area contributed by atoms with Crippen LogP contribution in [-0.2, 0) is 11.3 Å². The van der Waals surface area contributed by atoms with Crippen LogP contribution in [-0.4, -0.2) is 37.6 Å². The van der Waals surface area contributed by atoms with Crippen LogP contribution in [0.15, 0.2) is 18.2 Å². The summed E-state index contributed by atoms with van der Waals surface area (Å²) < 4.78 is 5.22. The molecule has 3 aliphatic carbocycles. The van der Waals surface area contributed by atoms with Crippen molar-refractivity contribution in [1.82, 2.24) is 5.32 Å². The molecule has 2 radical (unpaired) electrons. The van der Waals surface area contributed by atoms with Gasteiger partial charge in [0, 0.05) is 18.7 Å². The van der Waals surface area contributed by atoms with Crippen LogP contribution in [0.4, 0.5) is 0 Å². The summed E-state index contributed by atoms with van der Waals surface area (Å²) >= 11 is 0. The van der Waals surface area contributed by atoms with Crippen molar-refractivity contribution in [3.05, 3.63) is 29.3 Å². The molecule has 3 aliphatic rings. The summed E-state index contributed by atoms with van der Waals surface area (Å²) in [5, 5.41) is 14.1. The van der Waals surface area contributed by atoms with Crippen molar-refractivity contribution >= 4 is 19.2 Å². The van der Waals surface area contributed by atoms with Gasteiger partial charge in [-0.1, -0.05) is 24.5 Å². The fourth-order valence-electron chi connectivity index (χ4n) is 5.77. The first-order chi connectivity index (χ1) is 11.9. The molecule has 132 valence electrons. The molecule has 25 heavy (non-hydrogen) atoms. The van der Waals surface area contributed by atoms with Crippen LogP contribution in [0.1, 0.15) is 48.5 Å². The van der Waals surface area contributed by atoms with E-state index in [0.717, 1.165) is 31.2 Å². The molecular weight excluding hydrogens is 313 g/mol. The smallest absolute Gasteiger partial charge is 0.251 e. The molecule has 0 aromatic heterocycles. The van der Waals surface area contributed by atoms with Gasteiger partial charge in [0.25, 0.3) is 5.91 Å². The number of rotatable bonds is 4. The number of carbonyl (C=O) groups excluding carboxylic acids is 1. The highest BCUT2D eigenvalue weighted by atomic mass is 16.5. The van der Waals surface area contributed by atoms with Gasteiger partial charge in [-0.15, -0.1) is 0 Å². The molecule has 0 saturated heterocycles. The van der Waals surface area contributed by atoms with Gasteiger partial charge in [-0.05, 0) is 61.0 Å². The fraction of sp³-hybridized carbons (Fsp3) is 0.650. The highest BCUT2D eigenvalue weighted by molar-refractivity contribution is 6.32. The number of ether oxygens (including phenoxy) is 1. The summed E-state index contributed by atoms with van der Waals surface area (Å²) in [4.78, 5) is 13.0. The zero-order valence-corrected chi connectivity index (χ0v) is 15.0. The van der Waals surface area contributed by atoms with E-state index in [1.807, 2.05) is 0 Å². The summed E-state index contributed by atoms with van der Waals surface area (Å²) in [7, 11) is 7.47. The zero-order chi connectivity index (χ0) is 17.8. The molecule has 0 heterocycles. The van der Waals surface area contributed by atoms with E-state index in [0.29, 0.717) is 35.4 Å². The van der Waals surface area contributed by atoms with E-state index < -0.39 is 5.60 Å². The van der Waals surface area contributed by atoms with Crippen molar-refractivity contribution in [2.75, 3.05) is 7.11 Å². The zero-order valence-electron chi connectivity index (χ0n) is 15.0. The summed E-state index contributed by atoms with van der Waals surface area (Å²) in [5.74, 6) is 1.80. The van der Waals surface area contributed by atoms with Crippen molar-refractivity contribution in [3.63, 3.8) is 0 Å². The second-order valence-electron chi connectivity index (χ2n) is 8.44. The molecule has 1 aromatic carbocycles. The second-order valence-corrected chi connectivity index (χ2v) is 8.44. The Bertz CT molecular complexity index is 694. The Morgan fingerprint density at radius 2 is 2.16 bits per heavy atom. The van der Waals surface area contributed by atoms with E-state index in [1.165, 1.54) is 0 Å². The summed E-state index contributed by atoms with van der Waals surface area (Å²) in [6.45, 7) is 2.53. The maximum Gasteiger partial charge on any atom is 0.251 e. The van der Waals surface area contributed by atoms with Crippen LogP contribution < -0.4 is 10.8 Å². The van der Waals surface area contributed by atoms with Gasteiger partial charge in [-0.3, -0.25) is 4.79 Å². The van der Waals surface area contributed by atoms with Gasteiger partial charge in [-0.25, -0.2) is 0 Å². The van der Waals surface area contributed by atoms with Crippen LogP contribution in [0.3, 0.4) is 0 Å². The molecule has 1 amide bonds. The van der Waals surface area contributed by atoms with E-state index >= 15 is 0 Å². The molecule has 3 saturated carbocycles. The number of fused-ring (bicyclic) bond motifs is 1. The van der Waals surface area contributed by atoms with E-state index in [2.05, 4.69) is 12.2 Å². The number of carbonyl (C=O) groups is 1. The first-order valence-corrected chi connectivity index (χ1v) is 9.32. The molecule has 1 aromatic rings. The van der Waals surface area contributed by atoms with Gasteiger partial charge in [0.15, 0.2) is 0 Å². The lowest BCUT2D eigenvalue weighted by atomic mass is 9.59.